The average Bonchev–Trinajstić information content (AvgIpc) is 2.71. The quantitative estimate of drug-likeness (QED) is 0.451. The van der Waals surface area contributed by atoms with Gasteiger partial charge in [-0.2, -0.15) is 0 Å². The number of hydrogen-bond acceptors (Lipinski definition) is 2. The molecule has 0 atom stereocenters. The molecule has 0 radical (unpaired) electrons. The van der Waals surface area contributed by atoms with Crippen LogP contribution in [0.5, 0.6) is 0 Å². The van der Waals surface area contributed by atoms with E-state index in [1.165, 1.54) is 10.5 Å². The Kier molecular flexibility index (Phi) is 8.62. The molecule has 154 valence electrons. The second-order valence-electron chi connectivity index (χ2n) is 7.77. The van der Waals surface area contributed by atoms with Crippen LogP contribution in [-0.4, -0.2) is 39.0 Å². The summed E-state index contributed by atoms with van der Waals surface area (Å²) < 4.78 is 0. The number of rotatable bonds is 9. The minimum Gasteiger partial charge on any atom is -0.351 e. The predicted molar refractivity (Wildman–Crippen MR) is 118 cm³/mol. The zero-order valence-corrected chi connectivity index (χ0v) is 17.8. The molecule has 2 rings (SSSR count). The number of nitrogens with one attached hydrogen (secondary N) is 3. The Balaban J connectivity index is 2.17. The van der Waals surface area contributed by atoms with Crippen LogP contribution in [0, 0.1) is 0 Å². The number of amides is 2. The molecule has 0 saturated carbocycles. The van der Waals surface area contributed by atoms with Crippen LogP contribution in [0.3, 0.4) is 0 Å². The van der Waals surface area contributed by atoms with Crippen molar-refractivity contribution in [3.63, 3.8) is 0 Å². The highest BCUT2D eigenvalue weighted by Gasteiger charge is 2.14. The highest BCUT2D eigenvalue weighted by Crippen LogP contribution is 2.16. The van der Waals surface area contributed by atoms with E-state index in [1.54, 1.807) is 30.3 Å². The lowest BCUT2D eigenvalue weighted by molar-refractivity contribution is -0.858. The summed E-state index contributed by atoms with van der Waals surface area (Å²) >= 11 is 0. The molecular formula is C24H32N3O2+. The summed E-state index contributed by atoms with van der Waals surface area (Å²) in [6.45, 7) is 5.81. The van der Waals surface area contributed by atoms with Crippen molar-refractivity contribution in [2.24, 2.45) is 0 Å². The maximum atomic E-state index is 12.7. The summed E-state index contributed by atoms with van der Waals surface area (Å²) in [5.74, 6) is -0.146. The van der Waals surface area contributed by atoms with Crippen molar-refractivity contribution in [2.45, 2.75) is 26.2 Å². The molecule has 3 N–H and O–H groups in total. The van der Waals surface area contributed by atoms with Crippen LogP contribution < -0.4 is 15.5 Å². The second kappa shape index (κ2) is 11.2. The first-order valence-electron chi connectivity index (χ1n) is 10.1. The molecule has 2 aromatic rings. The molecule has 5 nitrogen and oxygen atoms in total. The lowest BCUT2D eigenvalue weighted by Gasteiger charge is -2.12. The van der Waals surface area contributed by atoms with Crippen molar-refractivity contribution in [1.29, 1.82) is 0 Å². The Morgan fingerprint density at radius 3 is 2.24 bits per heavy atom. The van der Waals surface area contributed by atoms with Gasteiger partial charge in [0.15, 0.2) is 0 Å². The SMILES string of the molecule is CC(C)c1ccc(/C=C(\NC(=O)c2ccccc2)C(=O)NCCC[NH+](C)C)cc1. The van der Waals surface area contributed by atoms with E-state index >= 15 is 0 Å². The molecule has 0 aliphatic rings. The van der Waals surface area contributed by atoms with Crippen molar-refractivity contribution < 1.29 is 14.5 Å². The minimum atomic E-state index is -0.302. The molecule has 0 bridgehead atoms. The zero-order chi connectivity index (χ0) is 21.2. The molecule has 0 aromatic heterocycles. The number of carbonyl (C=O) groups excluding carboxylic acids is 2. The third kappa shape index (κ3) is 7.54. The number of quaternary nitrogens is 1. The second-order valence-corrected chi connectivity index (χ2v) is 7.77. The van der Waals surface area contributed by atoms with Crippen LogP contribution in [0.25, 0.3) is 6.08 Å². The van der Waals surface area contributed by atoms with Crippen molar-refractivity contribution in [3.8, 4) is 0 Å². The molecule has 2 amide bonds. The molecule has 0 saturated heterocycles. The van der Waals surface area contributed by atoms with Gasteiger partial charge >= 0.3 is 0 Å². The van der Waals surface area contributed by atoms with Gasteiger partial charge in [0.2, 0.25) is 0 Å². The number of hydrogen-bond donors (Lipinski definition) is 3. The molecule has 0 spiro atoms. The smallest absolute Gasteiger partial charge is 0.267 e. The maximum absolute atomic E-state index is 12.7. The summed E-state index contributed by atoms with van der Waals surface area (Å²) in [5, 5.41) is 5.68. The largest absolute Gasteiger partial charge is 0.351 e. The standard InChI is InChI=1S/C24H31N3O2/c1-18(2)20-13-11-19(12-14-20)17-22(24(29)25-15-8-16-27(3)4)26-23(28)21-9-6-5-7-10-21/h5-7,9-14,17-18H,8,15-16H2,1-4H3,(H,25,29)(H,26,28)/p+1/b22-17-. The molecular weight excluding hydrogens is 362 g/mol. The fourth-order valence-electron chi connectivity index (χ4n) is 2.83. The van der Waals surface area contributed by atoms with Gasteiger partial charge in [-0.25, -0.2) is 0 Å². The van der Waals surface area contributed by atoms with E-state index in [0.29, 0.717) is 18.0 Å². The topological polar surface area (TPSA) is 62.6 Å². The van der Waals surface area contributed by atoms with E-state index < -0.39 is 0 Å². The van der Waals surface area contributed by atoms with Gasteiger partial charge in [-0.15, -0.1) is 0 Å². The first-order chi connectivity index (χ1) is 13.9. The Morgan fingerprint density at radius 1 is 1.00 bits per heavy atom. The number of carbonyl (C=O) groups is 2. The predicted octanol–water partition coefficient (Wildman–Crippen LogP) is 2.23. The molecule has 0 aliphatic heterocycles. The van der Waals surface area contributed by atoms with Crippen molar-refractivity contribution in [3.05, 3.63) is 77.0 Å². The molecule has 5 heteroatoms. The van der Waals surface area contributed by atoms with E-state index in [1.807, 2.05) is 30.3 Å². The molecule has 2 aromatic carbocycles. The van der Waals surface area contributed by atoms with Crippen LogP contribution in [0.4, 0.5) is 0 Å². The third-order valence-electron chi connectivity index (χ3n) is 4.58. The van der Waals surface area contributed by atoms with Gasteiger partial charge in [-0.3, -0.25) is 9.59 Å². The van der Waals surface area contributed by atoms with Crippen LogP contribution in [0.15, 0.2) is 60.3 Å². The van der Waals surface area contributed by atoms with Gasteiger partial charge in [0.05, 0.1) is 20.6 Å². The van der Waals surface area contributed by atoms with Crippen LogP contribution >= 0.6 is 0 Å². The molecule has 0 fully saturated rings. The molecule has 0 unspecified atom stereocenters. The van der Waals surface area contributed by atoms with E-state index in [4.69, 9.17) is 0 Å². The Labute approximate surface area is 173 Å². The van der Waals surface area contributed by atoms with E-state index in [-0.39, 0.29) is 17.5 Å². The molecule has 0 heterocycles. The molecule has 29 heavy (non-hydrogen) atoms. The fourth-order valence-corrected chi connectivity index (χ4v) is 2.83. The Bertz CT molecular complexity index is 825. The van der Waals surface area contributed by atoms with Crippen molar-refractivity contribution >= 4 is 17.9 Å². The first kappa shape index (κ1) is 22.4. The van der Waals surface area contributed by atoms with Gasteiger partial charge in [0.1, 0.15) is 5.70 Å². The zero-order valence-electron chi connectivity index (χ0n) is 17.8. The van der Waals surface area contributed by atoms with Gasteiger partial charge in [-0.1, -0.05) is 56.3 Å². The summed E-state index contributed by atoms with van der Waals surface area (Å²) in [7, 11) is 4.15. The van der Waals surface area contributed by atoms with Gasteiger partial charge < -0.3 is 15.5 Å². The highest BCUT2D eigenvalue weighted by molar-refractivity contribution is 6.05. The van der Waals surface area contributed by atoms with Crippen LogP contribution in [-0.2, 0) is 4.79 Å². The van der Waals surface area contributed by atoms with Gasteiger partial charge in [-0.05, 0) is 35.3 Å². The van der Waals surface area contributed by atoms with E-state index in [9.17, 15) is 9.59 Å². The lowest BCUT2D eigenvalue weighted by atomic mass is 10.0. The van der Waals surface area contributed by atoms with Gasteiger partial charge in [0.25, 0.3) is 11.8 Å². The number of benzene rings is 2. The van der Waals surface area contributed by atoms with Crippen LogP contribution in [0.1, 0.15) is 47.7 Å². The summed E-state index contributed by atoms with van der Waals surface area (Å²) in [5.41, 5.74) is 2.85. The molecule has 0 aliphatic carbocycles. The van der Waals surface area contributed by atoms with Crippen LogP contribution in [0.2, 0.25) is 0 Å². The monoisotopic (exact) mass is 394 g/mol. The maximum Gasteiger partial charge on any atom is 0.267 e. The average molecular weight is 395 g/mol. The van der Waals surface area contributed by atoms with Crippen molar-refractivity contribution in [2.75, 3.05) is 27.2 Å². The Hall–Kier alpha value is -2.92. The van der Waals surface area contributed by atoms with E-state index in [0.717, 1.165) is 18.5 Å². The summed E-state index contributed by atoms with van der Waals surface area (Å²) in [4.78, 5) is 26.6. The fraction of sp³-hybridized carbons (Fsp3) is 0.333. The van der Waals surface area contributed by atoms with E-state index in [2.05, 4.69) is 38.6 Å². The van der Waals surface area contributed by atoms with Gasteiger partial charge in [0, 0.05) is 18.5 Å². The normalized spacial score (nSPS) is 11.6. The first-order valence-corrected chi connectivity index (χ1v) is 10.1. The Morgan fingerprint density at radius 2 is 1.66 bits per heavy atom. The minimum absolute atomic E-state index is 0.244. The summed E-state index contributed by atoms with van der Waals surface area (Å²) in [6.07, 6.45) is 2.59. The highest BCUT2D eigenvalue weighted by atomic mass is 16.2. The summed E-state index contributed by atoms with van der Waals surface area (Å²) in [6, 6.07) is 16.9. The lowest BCUT2D eigenvalue weighted by Crippen LogP contribution is -3.05. The van der Waals surface area contributed by atoms with Crippen molar-refractivity contribution in [1.82, 2.24) is 10.6 Å². The third-order valence-corrected chi connectivity index (χ3v) is 4.58.